The van der Waals surface area contributed by atoms with Gasteiger partial charge in [0.15, 0.2) is 11.6 Å². The van der Waals surface area contributed by atoms with Gasteiger partial charge in [-0.2, -0.15) is 0 Å². The Morgan fingerprint density at radius 2 is 2.15 bits per heavy atom. The molecule has 0 atom stereocenters. The number of nitrogens with zero attached hydrogens (tertiary/aromatic N) is 2. The SMILES string of the molecule is COC1(c2nc(NN)c3cc(C)sc3n2)CCOCC1. The molecule has 6 nitrogen and oxygen atoms in total. The monoisotopic (exact) mass is 294 g/mol. The molecule has 0 radical (unpaired) electrons. The number of nitrogens with two attached hydrogens (primary N) is 1. The topological polar surface area (TPSA) is 82.3 Å². The van der Waals surface area contributed by atoms with Crippen LogP contribution in [0.4, 0.5) is 5.82 Å². The van der Waals surface area contributed by atoms with Crippen molar-refractivity contribution in [2.45, 2.75) is 25.4 Å². The van der Waals surface area contributed by atoms with Crippen LogP contribution < -0.4 is 11.3 Å². The largest absolute Gasteiger partial charge is 0.381 e. The standard InChI is InChI=1S/C13H18N4O2S/c1-8-7-9-10(17-14)15-12(16-11(9)20-8)13(18-2)3-5-19-6-4-13/h7H,3-6,14H2,1-2H3,(H,15,16,17). The van der Waals surface area contributed by atoms with Crippen LogP contribution in [0.5, 0.6) is 0 Å². The van der Waals surface area contributed by atoms with E-state index in [1.54, 1.807) is 18.4 Å². The second kappa shape index (κ2) is 5.25. The number of methoxy groups -OCH3 is 1. The summed E-state index contributed by atoms with van der Waals surface area (Å²) in [5.74, 6) is 6.94. The first-order valence-corrected chi connectivity index (χ1v) is 7.38. The van der Waals surface area contributed by atoms with Crippen molar-refractivity contribution in [1.82, 2.24) is 9.97 Å². The molecule has 3 N–H and O–H groups in total. The van der Waals surface area contributed by atoms with Gasteiger partial charge in [-0.15, -0.1) is 11.3 Å². The van der Waals surface area contributed by atoms with Gasteiger partial charge in [0.2, 0.25) is 0 Å². The third-order valence-corrected chi connectivity index (χ3v) is 4.70. The van der Waals surface area contributed by atoms with Crippen LogP contribution in [0.2, 0.25) is 0 Å². The van der Waals surface area contributed by atoms with Crippen molar-refractivity contribution in [2.24, 2.45) is 5.84 Å². The molecule has 0 bridgehead atoms. The second-order valence-corrected chi connectivity index (χ2v) is 6.16. The molecule has 2 aromatic rings. The van der Waals surface area contributed by atoms with E-state index < -0.39 is 5.60 Å². The van der Waals surface area contributed by atoms with E-state index in [-0.39, 0.29) is 0 Å². The highest BCUT2D eigenvalue weighted by atomic mass is 32.1. The number of hydrogen-bond donors (Lipinski definition) is 2. The number of hydrogen-bond acceptors (Lipinski definition) is 7. The van der Waals surface area contributed by atoms with Gasteiger partial charge in [0.1, 0.15) is 10.4 Å². The molecule has 108 valence electrons. The van der Waals surface area contributed by atoms with Crippen LogP contribution >= 0.6 is 11.3 Å². The summed E-state index contributed by atoms with van der Waals surface area (Å²) in [6.07, 6.45) is 1.51. The normalized spacial score (nSPS) is 18.4. The van der Waals surface area contributed by atoms with Crippen LogP contribution in [0.1, 0.15) is 23.5 Å². The van der Waals surface area contributed by atoms with Gasteiger partial charge >= 0.3 is 0 Å². The minimum Gasteiger partial charge on any atom is -0.381 e. The number of nitrogen functional groups attached to an aromatic ring is 1. The average Bonchev–Trinajstić information content (AvgIpc) is 2.87. The maximum atomic E-state index is 5.75. The van der Waals surface area contributed by atoms with Crippen LogP contribution in [0.25, 0.3) is 10.2 Å². The average molecular weight is 294 g/mol. The second-order valence-electron chi connectivity index (χ2n) is 4.93. The Morgan fingerprint density at radius 1 is 1.40 bits per heavy atom. The minimum atomic E-state index is -0.476. The molecule has 0 aromatic carbocycles. The summed E-state index contributed by atoms with van der Waals surface area (Å²) in [7, 11) is 1.70. The van der Waals surface area contributed by atoms with Crippen LogP contribution in [0.15, 0.2) is 6.07 Å². The lowest BCUT2D eigenvalue weighted by molar-refractivity contribution is -0.0997. The van der Waals surface area contributed by atoms with Crippen molar-refractivity contribution in [3.8, 4) is 0 Å². The van der Waals surface area contributed by atoms with E-state index in [1.165, 1.54) is 4.88 Å². The van der Waals surface area contributed by atoms with Crippen molar-refractivity contribution in [3.05, 3.63) is 16.8 Å². The molecule has 3 heterocycles. The van der Waals surface area contributed by atoms with E-state index in [4.69, 9.17) is 20.3 Å². The molecule has 0 aliphatic carbocycles. The summed E-state index contributed by atoms with van der Waals surface area (Å²) in [6.45, 7) is 3.36. The number of aryl methyl sites for hydroxylation is 1. The molecular weight excluding hydrogens is 276 g/mol. The Kier molecular flexibility index (Phi) is 3.59. The Balaban J connectivity index is 2.14. The maximum Gasteiger partial charge on any atom is 0.164 e. The third kappa shape index (κ3) is 2.16. The predicted octanol–water partition coefficient (Wildman–Crippen LogP) is 1.94. The van der Waals surface area contributed by atoms with Gasteiger partial charge in [-0.25, -0.2) is 15.8 Å². The molecule has 1 aliphatic rings. The highest BCUT2D eigenvalue weighted by Crippen LogP contribution is 2.36. The maximum absolute atomic E-state index is 5.75. The van der Waals surface area contributed by atoms with Crippen LogP contribution in [0.3, 0.4) is 0 Å². The van der Waals surface area contributed by atoms with Crippen LogP contribution in [0, 0.1) is 6.92 Å². The number of hydrazine groups is 1. The summed E-state index contributed by atoms with van der Waals surface area (Å²) in [5, 5.41) is 0.956. The van der Waals surface area contributed by atoms with E-state index in [9.17, 15) is 0 Å². The van der Waals surface area contributed by atoms with E-state index >= 15 is 0 Å². The van der Waals surface area contributed by atoms with Crippen molar-refractivity contribution >= 4 is 27.4 Å². The highest BCUT2D eigenvalue weighted by Gasteiger charge is 2.38. The summed E-state index contributed by atoms with van der Waals surface area (Å²) in [4.78, 5) is 11.4. The number of fused-ring (bicyclic) bond motifs is 1. The summed E-state index contributed by atoms with van der Waals surface area (Å²) < 4.78 is 11.2. The van der Waals surface area contributed by atoms with Crippen molar-refractivity contribution in [3.63, 3.8) is 0 Å². The Morgan fingerprint density at radius 3 is 2.80 bits per heavy atom. The number of nitrogens with one attached hydrogen (secondary N) is 1. The van der Waals surface area contributed by atoms with Gasteiger partial charge in [0.05, 0.1) is 5.39 Å². The smallest absolute Gasteiger partial charge is 0.164 e. The molecule has 7 heteroatoms. The Hall–Kier alpha value is -1.28. The lowest BCUT2D eigenvalue weighted by atomic mass is 9.93. The van der Waals surface area contributed by atoms with Gasteiger partial charge in [0.25, 0.3) is 0 Å². The van der Waals surface area contributed by atoms with Gasteiger partial charge < -0.3 is 14.9 Å². The first kappa shape index (κ1) is 13.7. The molecule has 0 amide bonds. The molecule has 1 saturated heterocycles. The molecule has 20 heavy (non-hydrogen) atoms. The van der Waals surface area contributed by atoms with Crippen molar-refractivity contribution in [2.75, 3.05) is 25.7 Å². The van der Waals surface area contributed by atoms with Crippen molar-refractivity contribution < 1.29 is 9.47 Å². The number of rotatable bonds is 3. The first-order chi connectivity index (χ1) is 9.68. The quantitative estimate of drug-likeness (QED) is 0.665. The highest BCUT2D eigenvalue weighted by molar-refractivity contribution is 7.18. The molecular formula is C13H18N4O2S. The zero-order chi connectivity index (χ0) is 14.2. The summed E-state index contributed by atoms with van der Waals surface area (Å²) in [6, 6.07) is 2.04. The fourth-order valence-corrected chi connectivity index (χ4v) is 3.46. The Bertz CT molecular complexity index is 622. The molecule has 0 saturated carbocycles. The molecule has 1 aliphatic heterocycles. The number of ether oxygens (including phenoxy) is 2. The third-order valence-electron chi connectivity index (χ3n) is 3.75. The fraction of sp³-hybridized carbons (Fsp3) is 0.538. The summed E-state index contributed by atoms with van der Waals surface area (Å²) >= 11 is 1.64. The number of anilines is 1. The Labute approximate surface area is 121 Å². The first-order valence-electron chi connectivity index (χ1n) is 6.57. The lowest BCUT2D eigenvalue weighted by Crippen LogP contribution is -2.37. The van der Waals surface area contributed by atoms with Crippen LogP contribution in [-0.4, -0.2) is 30.3 Å². The summed E-state index contributed by atoms with van der Waals surface area (Å²) in [5.41, 5.74) is 2.20. The number of aromatic nitrogens is 2. The van der Waals surface area contributed by atoms with E-state index in [2.05, 4.69) is 10.4 Å². The molecule has 0 spiro atoms. The van der Waals surface area contributed by atoms with Gasteiger partial charge in [-0.3, -0.25) is 0 Å². The van der Waals surface area contributed by atoms with Crippen molar-refractivity contribution in [1.29, 1.82) is 0 Å². The minimum absolute atomic E-state index is 0.476. The predicted molar refractivity (Wildman–Crippen MR) is 78.7 cm³/mol. The fourth-order valence-electron chi connectivity index (χ4n) is 2.58. The molecule has 0 unspecified atom stereocenters. The zero-order valence-electron chi connectivity index (χ0n) is 11.6. The van der Waals surface area contributed by atoms with Gasteiger partial charge in [-0.1, -0.05) is 0 Å². The van der Waals surface area contributed by atoms with Gasteiger partial charge in [-0.05, 0) is 13.0 Å². The lowest BCUT2D eigenvalue weighted by Gasteiger charge is -2.34. The molecule has 3 rings (SSSR count). The molecule has 2 aromatic heterocycles. The van der Waals surface area contributed by atoms with Crippen LogP contribution in [-0.2, 0) is 15.1 Å². The van der Waals surface area contributed by atoms with E-state index in [1.807, 2.05) is 13.0 Å². The van der Waals surface area contributed by atoms with E-state index in [0.717, 1.165) is 23.1 Å². The van der Waals surface area contributed by atoms with Gasteiger partial charge in [0, 0.05) is 38.0 Å². The zero-order valence-corrected chi connectivity index (χ0v) is 12.4. The van der Waals surface area contributed by atoms with E-state index in [0.29, 0.717) is 24.9 Å². The molecule has 1 fully saturated rings. The number of thiophene rings is 1.